The van der Waals surface area contributed by atoms with Crippen molar-refractivity contribution in [3.05, 3.63) is 35.9 Å². The number of nitrogens with one attached hydrogen (secondary N) is 1. The number of hydrogen-bond donors (Lipinski definition) is 1. The minimum atomic E-state index is 0.495. The molecule has 2 unspecified atom stereocenters. The van der Waals surface area contributed by atoms with Gasteiger partial charge in [0.05, 0.1) is 0 Å². The van der Waals surface area contributed by atoms with Gasteiger partial charge < -0.3 is 5.32 Å². The number of rotatable bonds is 7. The van der Waals surface area contributed by atoms with Gasteiger partial charge in [-0.3, -0.25) is 4.90 Å². The highest BCUT2D eigenvalue weighted by Gasteiger charge is 2.24. The summed E-state index contributed by atoms with van der Waals surface area (Å²) < 4.78 is 0. The van der Waals surface area contributed by atoms with E-state index < -0.39 is 0 Å². The molecular weight excluding hydrogens is 256 g/mol. The third kappa shape index (κ3) is 5.12. The van der Waals surface area contributed by atoms with E-state index in [0.29, 0.717) is 6.04 Å². The Morgan fingerprint density at radius 2 is 1.95 bits per heavy atom. The molecule has 0 aliphatic carbocycles. The number of nitrogens with zero attached hydrogens (tertiary/aromatic N) is 1. The van der Waals surface area contributed by atoms with E-state index in [2.05, 4.69) is 54.4 Å². The number of hydrogen-bond acceptors (Lipinski definition) is 2. The number of unbranched alkanes of at least 4 members (excludes halogenated alkanes) is 1. The summed E-state index contributed by atoms with van der Waals surface area (Å²) in [6, 6.07) is 12.2. The van der Waals surface area contributed by atoms with Crippen molar-refractivity contribution in [2.75, 3.05) is 19.6 Å². The van der Waals surface area contributed by atoms with Crippen LogP contribution in [-0.4, -0.2) is 30.6 Å². The topological polar surface area (TPSA) is 15.3 Å². The Labute approximate surface area is 130 Å². The lowest BCUT2D eigenvalue weighted by Crippen LogP contribution is -2.39. The predicted octanol–water partition coefficient (Wildman–Crippen LogP) is 4.38. The van der Waals surface area contributed by atoms with E-state index in [4.69, 9.17) is 0 Å². The fourth-order valence-corrected chi connectivity index (χ4v) is 3.47. The van der Waals surface area contributed by atoms with Crippen LogP contribution < -0.4 is 5.32 Å². The Balaban J connectivity index is 2.03. The first-order valence-corrected chi connectivity index (χ1v) is 8.87. The molecule has 0 aromatic heterocycles. The molecule has 1 heterocycles. The van der Waals surface area contributed by atoms with Gasteiger partial charge in [0, 0.05) is 18.6 Å². The van der Waals surface area contributed by atoms with Crippen molar-refractivity contribution in [1.29, 1.82) is 0 Å². The molecule has 1 aromatic carbocycles. The van der Waals surface area contributed by atoms with Gasteiger partial charge in [0.25, 0.3) is 0 Å². The molecule has 2 nitrogen and oxygen atoms in total. The van der Waals surface area contributed by atoms with E-state index in [1.54, 1.807) is 0 Å². The normalized spacial score (nSPS) is 21.9. The maximum absolute atomic E-state index is 3.74. The zero-order valence-electron chi connectivity index (χ0n) is 13.9. The summed E-state index contributed by atoms with van der Waals surface area (Å²) >= 11 is 0. The molecule has 118 valence electrons. The summed E-state index contributed by atoms with van der Waals surface area (Å²) in [7, 11) is 0. The molecule has 2 atom stereocenters. The van der Waals surface area contributed by atoms with Crippen molar-refractivity contribution < 1.29 is 0 Å². The summed E-state index contributed by atoms with van der Waals surface area (Å²) in [4.78, 5) is 2.76. The molecule has 1 N–H and O–H groups in total. The molecule has 1 fully saturated rings. The molecule has 0 bridgehead atoms. The van der Waals surface area contributed by atoms with Crippen LogP contribution >= 0.6 is 0 Å². The van der Waals surface area contributed by atoms with E-state index in [1.807, 2.05) is 0 Å². The zero-order chi connectivity index (χ0) is 14.9. The van der Waals surface area contributed by atoms with Crippen LogP contribution in [0.25, 0.3) is 0 Å². The second kappa shape index (κ2) is 9.22. The van der Waals surface area contributed by atoms with E-state index in [1.165, 1.54) is 57.2 Å². The summed E-state index contributed by atoms with van der Waals surface area (Å²) in [6.45, 7) is 8.19. The first-order valence-electron chi connectivity index (χ1n) is 8.87. The maximum Gasteiger partial charge on any atom is 0.0449 e. The van der Waals surface area contributed by atoms with Gasteiger partial charge in [0.2, 0.25) is 0 Å². The summed E-state index contributed by atoms with van der Waals surface area (Å²) in [5, 5.41) is 3.74. The van der Waals surface area contributed by atoms with Crippen LogP contribution in [0, 0.1) is 0 Å². The molecule has 0 spiro atoms. The second-order valence-corrected chi connectivity index (χ2v) is 6.35. The molecule has 1 aliphatic rings. The first kappa shape index (κ1) is 16.5. The fraction of sp³-hybridized carbons (Fsp3) is 0.684. The molecule has 0 amide bonds. The summed E-state index contributed by atoms with van der Waals surface area (Å²) in [6.07, 6.45) is 7.97. The van der Waals surface area contributed by atoms with Gasteiger partial charge in [-0.1, -0.05) is 63.4 Å². The largest absolute Gasteiger partial charge is 0.309 e. The van der Waals surface area contributed by atoms with Crippen LogP contribution in [0.2, 0.25) is 0 Å². The smallest absolute Gasteiger partial charge is 0.0449 e. The van der Waals surface area contributed by atoms with Crippen LogP contribution in [-0.2, 0) is 0 Å². The molecule has 1 saturated heterocycles. The van der Waals surface area contributed by atoms with Gasteiger partial charge in [0.1, 0.15) is 0 Å². The molecule has 1 aliphatic heterocycles. The maximum atomic E-state index is 3.74. The van der Waals surface area contributed by atoms with E-state index in [9.17, 15) is 0 Å². The van der Waals surface area contributed by atoms with E-state index in [0.717, 1.165) is 12.6 Å². The second-order valence-electron chi connectivity index (χ2n) is 6.35. The van der Waals surface area contributed by atoms with E-state index in [-0.39, 0.29) is 0 Å². The molecule has 2 heteroatoms. The lowest BCUT2D eigenvalue weighted by molar-refractivity contribution is 0.170. The Bertz CT molecular complexity index is 376. The monoisotopic (exact) mass is 288 g/mol. The summed E-state index contributed by atoms with van der Waals surface area (Å²) in [5.74, 6) is 0. The van der Waals surface area contributed by atoms with Crippen molar-refractivity contribution in [1.82, 2.24) is 10.2 Å². The molecular formula is C19H32N2. The Morgan fingerprint density at radius 3 is 2.67 bits per heavy atom. The van der Waals surface area contributed by atoms with Crippen LogP contribution in [0.15, 0.2) is 30.3 Å². The Hall–Kier alpha value is -0.860. The molecule has 21 heavy (non-hydrogen) atoms. The molecule has 0 radical (unpaired) electrons. The fourth-order valence-electron chi connectivity index (χ4n) is 3.47. The first-order chi connectivity index (χ1) is 10.3. The van der Waals surface area contributed by atoms with Crippen molar-refractivity contribution in [3.63, 3.8) is 0 Å². The SMILES string of the molecule is CCCCC(CCC)N1CCCNC(c2ccccc2)C1. The molecule has 1 aromatic rings. The third-order valence-electron chi connectivity index (χ3n) is 4.66. The van der Waals surface area contributed by atoms with Gasteiger partial charge in [-0.25, -0.2) is 0 Å². The van der Waals surface area contributed by atoms with Crippen molar-refractivity contribution in [3.8, 4) is 0 Å². The standard InChI is InChI=1S/C19H32N2/c1-3-5-13-18(10-4-2)21-15-9-14-20-19(16-21)17-11-7-6-8-12-17/h6-8,11-12,18-20H,3-5,9-10,13-16H2,1-2H3. The van der Waals surface area contributed by atoms with Gasteiger partial charge in [-0.15, -0.1) is 0 Å². The Kier molecular flexibility index (Phi) is 7.25. The van der Waals surface area contributed by atoms with Crippen molar-refractivity contribution >= 4 is 0 Å². The van der Waals surface area contributed by atoms with Crippen LogP contribution in [0.4, 0.5) is 0 Å². The molecule has 2 rings (SSSR count). The lowest BCUT2D eigenvalue weighted by atomic mass is 10.0. The zero-order valence-corrected chi connectivity index (χ0v) is 13.9. The van der Waals surface area contributed by atoms with Gasteiger partial charge in [0.15, 0.2) is 0 Å². The lowest BCUT2D eigenvalue weighted by Gasteiger charge is -2.33. The van der Waals surface area contributed by atoms with Crippen molar-refractivity contribution in [2.24, 2.45) is 0 Å². The average Bonchev–Trinajstić information content (AvgIpc) is 2.78. The molecule has 0 saturated carbocycles. The van der Waals surface area contributed by atoms with Crippen LogP contribution in [0.1, 0.15) is 64.0 Å². The predicted molar refractivity (Wildman–Crippen MR) is 91.6 cm³/mol. The van der Waals surface area contributed by atoms with Crippen LogP contribution in [0.3, 0.4) is 0 Å². The Morgan fingerprint density at radius 1 is 1.14 bits per heavy atom. The highest BCUT2D eigenvalue weighted by molar-refractivity contribution is 5.19. The van der Waals surface area contributed by atoms with Gasteiger partial charge in [-0.05, 0) is 37.9 Å². The third-order valence-corrected chi connectivity index (χ3v) is 4.66. The van der Waals surface area contributed by atoms with Gasteiger partial charge >= 0.3 is 0 Å². The highest BCUT2D eigenvalue weighted by Crippen LogP contribution is 2.22. The highest BCUT2D eigenvalue weighted by atomic mass is 15.2. The minimum absolute atomic E-state index is 0.495. The van der Waals surface area contributed by atoms with Crippen molar-refractivity contribution in [2.45, 2.75) is 64.5 Å². The summed E-state index contributed by atoms with van der Waals surface area (Å²) in [5.41, 5.74) is 1.44. The van der Waals surface area contributed by atoms with Crippen LogP contribution in [0.5, 0.6) is 0 Å². The minimum Gasteiger partial charge on any atom is -0.309 e. The number of benzene rings is 1. The van der Waals surface area contributed by atoms with E-state index >= 15 is 0 Å². The average molecular weight is 288 g/mol. The van der Waals surface area contributed by atoms with Gasteiger partial charge in [-0.2, -0.15) is 0 Å². The quantitative estimate of drug-likeness (QED) is 0.801.